The quantitative estimate of drug-likeness (QED) is 0.673. The molecule has 0 spiro atoms. The van der Waals surface area contributed by atoms with Gasteiger partial charge in [0.1, 0.15) is 5.75 Å². The van der Waals surface area contributed by atoms with Crippen molar-refractivity contribution in [1.82, 2.24) is 5.43 Å². The Balaban J connectivity index is 1.96. The number of rotatable bonds is 3. The fourth-order valence-corrected chi connectivity index (χ4v) is 2.53. The fourth-order valence-electron chi connectivity index (χ4n) is 1.23. The second-order valence-electron chi connectivity index (χ2n) is 3.41. The molecule has 0 saturated carbocycles. The molecule has 4 nitrogen and oxygen atoms in total. The van der Waals surface area contributed by atoms with E-state index in [2.05, 4.69) is 26.5 Å². The molecule has 0 unspecified atom stereocenters. The predicted molar refractivity (Wildman–Crippen MR) is 75.2 cm³/mol. The first kappa shape index (κ1) is 12.8. The van der Waals surface area contributed by atoms with Gasteiger partial charge >= 0.3 is 0 Å². The van der Waals surface area contributed by atoms with Crippen molar-refractivity contribution in [3.05, 3.63) is 50.6 Å². The first-order valence-electron chi connectivity index (χ1n) is 5.01. The maximum absolute atomic E-state index is 11.6. The highest BCUT2D eigenvalue weighted by molar-refractivity contribution is 9.10. The van der Waals surface area contributed by atoms with E-state index in [1.165, 1.54) is 35.6 Å². The molecule has 0 atom stereocenters. The number of nitrogens with one attached hydrogen (secondary N) is 1. The Morgan fingerprint density at radius 1 is 1.39 bits per heavy atom. The van der Waals surface area contributed by atoms with E-state index in [0.29, 0.717) is 5.56 Å². The van der Waals surface area contributed by atoms with E-state index in [0.717, 1.165) is 9.35 Å². The summed E-state index contributed by atoms with van der Waals surface area (Å²) in [6.45, 7) is 0. The highest BCUT2D eigenvalue weighted by Gasteiger charge is 2.03. The van der Waals surface area contributed by atoms with Crippen LogP contribution in [0, 0.1) is 0 Å². The van der Waals surface area contributed by atoms with Crippen molar-refractivity contribution in [3.8, 4) is 5.75 Å². The van der Waals surface area contributed by atoms with Crippen LogP contribution >= 0.6 is 27.3 Å². The van der Waals surface area contributed by atoms with Gasteiger partial charge in [-0.2, -0.15) is 5.10 Å². The van der Waals surface area contributed by atoms with Gasteiger partial charge in [-0.25, -0.2) is 5.43 Å². The summed E-state index contributed by atoms with van der Waals surface area (Å²) >= 11 is 4.85. The monoisotopic (exact) mass is 324 g/mol. The van der Waals surface area contributed by atoms with Crippen molar-refractivity contribution in [1.29, 1.82) is 0 Å². The van der Waals surface area contributed by atoms with Gasteiger partial charge in [0, 0.05) is 20.3 Å². The third-order valence-electron chi connectivity index (χ3n) is 2.08. The molecule has 2 N–H and O–H groups in total. The lowest BCUT2D eigenvalue weighted by Crippen LogP contribution is -2.17. The molecule has 0 aliphatic carbocycles. The maximum atomic E-state index is 11.6. The van der Waals surface area contributed by atoms with Gasteiger partial charge in [-0.15, -0.1) is 11.3 Å². The molecule has 1 aromatic carbocycles. The minimum atomic E-state index is -0.318. The van der Waals surface area contributed by atoms with Crippen LogP contribution in [0.2, 0.25) is 0 Å². The van der Waals surface area contributed by atoms with Crippen LogP contribution in [0.25, 0.3) is 0 Å². The summed E-state index contributed by atoms with van der Waals surface area (Å²) in [7, 11) is 0. The van der Waals surface area contributed by atoms with E-state index in [9.17, 15) is 4.79 Å². The summed E-state index contributed by atoms with van der Waals surface area (Å²) in [5, 5.41) is 14.9. The first-order valence-corrected chi connectivity index (χ1v) is 6.69. The molecule has 0 saturated heterocycles. The van der Waals surface area contributed by atoms with Crippen molar-refractivity contribution >= 4 is 39.4 Å². The number of nitrogens with zero attached hydrogens (tertiary/aromatic N) is 1. The van der Waals surface area contributed by atoms with Crippen molar-refractivity contribution < 1.29 is 9.90 Å². The fraction of sp³-hybridized carbons (Fsp3) is 0. The first-order chi connectivity index (χ1) is 8.65. The molecular weight excluding hydrogens is 316 g/mol. The largest absolute Gasteiger partial charge is 0.508 e. The number of halogens is 1. The highest BCUT2D eigenvalue weighted by atomic mass is 79.9. The Kier molecular flexibility index (Phi) is 4.11. The Bertz CT molecular complexity index is 578. The van der Waals surface area contributed by atoms with Crippen LogP contribution < -0.4 is 5.43 Å². The Morgan fingerprint density at radius 3 is 2.72 bits per heavy atom. The van der Waals surface area contributed by atoms with Crippen LogP contribution in [0.3, 0.4) is 0 Å². The van der Waals surface area contributed by atoms with E-state index in [4.69, 9.17) is 5.11 Å². The predicted octanol–water partition coefficient (Wildman–Crippen LogP) is 2.98. The standard InChI is InChI=1S/C12H9BrN2O2S/c13-9-5-11(18-7-9)6-14-15-12(17)8-1-3-10(16)4-2-8/h1-7,16H,(H,15,17)/b14-6+. The molecule has 0 fully saturated rings. The smallest absolute Gasteiger partial charge is 0.271 e. The summed E-state index contributed by atoms with van der Waals surface area (Å²) in [6.07, 6.45) is 1.58. The van der Waals surface area contributed by atoms with Crippen molar-refractivity contribution in [2.75, 3.05) is 0 Å². The molecule has 0 aliphatic heterocycles. The summed E-state index contributed by atoms with van der Waals surface area (Å²) < 4.78 is 0.985. The molecule has 1 amide bonds. The molecule has 1 heterocycles. The molecule has 92 valence electrons. The number of phenolic OH excluding ortho intramolecular Hbond substituents is 1. The molecule has 6 heteroatoms. The zero-order valence-corrected chi connectivity index (χ0v) is 11.5. The summed E-state index contributed by atoms with van der Waals surface area (Å²) in [4.78, 5) is 12.6. The zero-order chi connectivity index (χ0) is 13.0. The van der Waals surface area contributed by atoms with Crippen LogP contribution in [0.5, 0.6) is 5.75 Å². The number of aromatic hydroxyl groups is 1. The van der Waals surface area contributed by atoms with E-state index >= 15 is 0 Å². The van der Waals surface area contributed by atoms with Gasteiger partial charge in [0.05, 0.1) is 6.21 Å². The van der Waals surface area contributed by atoms with E-state index < -0.39 is 0 Å². The van der Waals surface area contributed by atoms with Gasteiger partial charge in [-0.1, -0.05) is 0 Å². The minimum absolute atomic E-state index is 0.124. The normalized spacial score (nSPS) is 10.7. The third-order valence-corrected chi connectivity index (χ3v) is 3.70. The van der Waals surface area contributed by atoms with E-state index in [1.807, 2.05) is 11.4 Å². The van der Waals surface area contributed by atoms with Gasteiger partial charge in [0.15, 0.2) is 0 Å². The number of phenols is 1. The van der Waals surface area contributed by atoms with Gasteiger partial charge < -0.3 is 5.11 Å². The SMILES string of the molecule is O=C(N/N=C/c1cc(Br)cs1)c1ccc(O)cc1. The molecule has 0 radical (unpaired) electrons. The number of carbonyl (C=O) groups is 1. The Labute approximate surface area is 116 Å². The molecule has 0 bridgehead atoms. The third kappa shape index (κ3) is 3.41. The zero-order valence-electron chi connectivity index (χ0n) is 9.13. The summed E-state index contributed by atoms with van der Waals surface area (Å²) in [5.41, 5.74) is 2.86. The molecule has 18 heavy (non-hydrogen) atoms. The lowest BCUT2D eigenvalue weighted by atomic mass is 10.2. The summed E-state index contributed by atoms with van der Waals surface area (Å²) in [5.74, 6) is -0.194. The molecule has 0 aliphatic rings. The highest BCUT2D eigenvalue weighted by Crippen LogP contribution is 2.17. The lowest BCUT2D eigenvalue weighted by Gasteiger charge is -1.99. The van der Waals surface area contributed by atoms with Crippen molar-refractivity contribution in [3.63, 3.8) is 0 Å². The van der Waals surface area contributed by atoms with Gasteiger partial charge in [-0.3, -0.25) is 4.79 Å². The number of hydrogen-bond donors (Lipinski definition) is 2. The average molecular weight is 325 g/mol. The molecule has 2 aromatic rings. The van der Waals surface area contributed by atoms with Crippen LogP contribution in [0.15, 0.2) is 45.3 Å². The van der Waals surface area contributed by atoms with Crippen LogP contribution in [-0.4, -0.2) is 17.2 Å². The van der Waals surface area contributed by atoms with Crippen molar-refractivity contribution in [2.24, 2.45) is 5.10 Å². The second kappa shape index (κ2) is 5.79. The van der Waals surface area contributed by atoms with E-state index in [1.54, 1.807) is 6.21 Å². The number of benzene rings is 1. The average Bonchev–Trinajstić information content (AvgIpc) is 2.76. The van der Waals surface area contributed by atoms with Crippen molar-refractivity contribution in [2.45, 2.75) is 0 Å². The number of thiophene rings is 1. The number of amides is 1. The topological polar surface area (TPSA) is 61.7 Å². The van der Waals surface area contributed by atoms with Gasteiger partial charge in [-0.05, 0) is 46.3 Å². The van der Waals surface area contributed by atoms with Crippen LogP contribution in [-0.2, 0) is 0 Å². The number of hydrazone groups is 1. The maximum Gasteiger partial charge on any atom is 0.271 e. The summed E-state index contributed by atoms with van der Waals surface area (Å²) in [6, 6.07) is 7.87. The Hall–Kier alpha value is -1.66. The molecular formula is C12H9BrN2O2S. The minimum Gasteiger partial charge on any atom is -0.508 e. The van der Waals surface area contributed by atoms with Gasteiger partial charge in [0.25, 0.3) is 5.91 Å². The lowest BCUT2D eigenvalue weighted by molar-refractivity contribution is 0.0955. The second-order valence-corrected chi connectivity index (χ2v) is 5.27. The van der Waals surface area contributed by atoms with E-state index in [-0.39, 0.29) is 11.7 Å². The number of hydrogen-bond acceptors (Lipinski definition) is 4. The molecule has 2 rings (SSSR count). The number of carbonyl (C=O) groups excluding carboxylic acids is 1. The molecule has 1 aromatic heterocycles. The van der Waals surface area contributed by atoms with Crippen LogP contribution in [0.1, 0.15) is 15.2 Å². The van der Waals surface area contributed by atoms with Gasteiger partial charge in [0.2, 0.25) is 0 Å². The Morgan fingerprint density at radius 2 is 2.11 bits per heavy atom. The van der Waals surface area contributed by atoms with Crippen LogP contribution in [0.4, 0.5) is 0 Å².